The molecule has 1 aromatic heterocycles. The van der Waals surface area contributed by atoms with Crippen molar-refractivity contribution in [3.63, 3.8) is 0 Å². The highest BCUT2D eigenvalue weighted by atomic mass is 16.5. The fourth-order valence-electron chi connectivity index (χ4n) is 4.32. The van der Waals surface area contributed by atoms with Gasteiger partial charge in [0.15, 0.2) is 5.76 Å². The molecule has 2 aromatic carbocycles. The summed E-state index contributed by atoms with van der Waals surface area (Å²) < 4.78 is 10.7. The van der Waals surface area contributed by atoms with E-state index >= 15 is 0 Å². The first-order chi connectivity index (χ1) is 16.0. The molecule has 6 nitrogen and oxygen atoms in total. The molecule has 0 bridgehead atoms. The minimum absolute atomic E-state index is 0.145. The molecule has 1 aliphatic carbocycles. The van der Waals surface area contributed by atoms with E-state index in [4.69, 9.17) is 9.15 Å². The summed E-state index contributed by atoms with van der Waals surface area (Å²) in [5, 5.41) is 3.19. The Morgan fingerprint density at radius 3 is 2.36 bits per heavy atom. The van der Waals surface area contributed by atoms with Crippen LogP contribution in [-0.2, 0) is 11.3 Å². The number of aryl methyl sites for hydroxylation is 1. The predicted octanol–water partition coefficient (Wildman–Crippen LogP) is 5.04. The highest BCUT2D eigenvalue weighted by Gasteiger charge is 2.34. The molecule has 1 heterocycles. The lowest BCUT2D eigenvalue weighted by atomic mass is 10.0. The zero-order valence-corrected chi connectivity index (χ0v) is 19.1. The second-order valence-corrected chi connectivity index (χ2v) is 8.56. The molecule has 33 heavy (non-hydrogen) atoms. The first-order valence-electron chi connectivity index (χ1n) is 11.4. The number of carbonyl (C=O) groups excluding carboxylic acids is 2. The lowest BCUT2D eigenvalue weighted by molar-refractivity contribution is -0.126. The van der Waals surface area contributed by atoms with Crippen molar-refractivity contribution in [2.75, 3.05) is 7.11 Å². The molecule has 2 amide bonds. The van der Waals surface area contributed by atoms with Crippen molar-refractivity contribution in [3.05, 3.63) is 89.4 Å². The number of rotatable bonds is 8. The summed E-state index contributed by atoms with van der Waals surface area (Å²) in [6, 6.07) is 18.0. The Morgan fingerprint density at radius 2 is 1.76 bits per heavy atom. The minimum atomic E-state index is -0.786. The number of carbonyl (C=O) groups is 2. The van der Waals surface area contributed by atoms with E-state index in [-0.39, 0.29) is 30.2 Å². The molecule has 6 heteroatoms. The number of ether oxygens (including phenoxy) is 1. The molecule has 1 aliphatic rings. The molecule has 0 radical (unpaired) electrons. The Morgan fingerprint density at radius 1 is 1.06 bits per heavy atom. The van der Waals surface area contributed by atoms with Gasteiger partial charge >= 0.3 is 0 Å². The van der Waals surface area contributed by atoms with Crippen LogP contribution < -0.4 is 10.1 Å². The summed E-state index contributed by atoms with van der Waals surface area (Å²) in [7, 11) is 1.61. The second-order valence-electron chi connectivity index (χ2n) is 8.56. The van der Waals surface area contributed by atoms with Gasteiger partial charge in [-0.1, -0.05) is 54.8 Å². The Hall–Kier alpha value is -3.54. The van der Waals surface area contributed by atoms with E-state index in [0.29, 0.717) is 0 Å². The van der Waals surface area contributed by atoms with Crippen LogP contribution in [0.4, 0.5) is 0 Å². The highest BCUT2D eigenvalue weighted by Crippen LogP contribution is 2.28. The normalized spacial score (nSPS) is 14.6. The maximum Gasteiger partial charge on any atom is 0.290 e. The summed E-state index contributed by atoms with van der Waals surface area (Å²) >= 11 is 0. The van der Waals surface area contributed by atoms with Crippen LogP contribution in [0.15, 0.2) is 71.3 Å². The van der Waals surface area contributed by atoms with Gasteiger partial charge in [-0.25, -0.2) is 0 Å². The van der Waals surface area contributed by atoms with E-state index in [0.717, 1.165) is 48.1 Å². The number of hydrogen-bond acceptors (Lipinski definition) is 4. The third-order valence-corrected chi connectivity index (χ3v) is 6.16. The first kappa shape index (κ1) is 22.6. The molecule has 1 atom stereocenters. The molecule has 0 saturated heterocycles. The van der Waals surface area contributed by atoms with Crippen molar-refractivity contribution in [3.8, 4) is 5.75 Å². The molecule has 0 aliphatic heterocycles. The summed E-state index contributed by atoms with van der Waals surface area (Å²) in [5.41, 5.74) is 2.75. The monoisotopic (exact) mass is 446 g/mol. The van der Waals surface area contributed by atoms with Gasteiger partial charge in [-0.15, -0.1) is 0 Å². The van der Waals surface area contributed by atoms with Gasteiger partial charge in [0.1, 0.15) is 11.8 Å². The quantitative estimate of drug-likeness (QED) is 0.526. The molecule has 4 rings (SSSR count). The molecular weight excluding hydrogens is 416 g/mol. The maximum absolute atomic E-state index is 13.6. The number of benzene rings is 2. The molecule has 0 spiro atoms. The maximum atomic E-state index is 13.6. The Balaban J connectivity index is 1.72. The lowest BCUT2D eigenvalue weighted by Gasteiger charge is -2.32. The van der Waals surface area contributed by atoms with Gasteiger partial charge < -0.3 is 19.4 Å². The SMILES string of the molecule is COc1ccc(CN(C(=O)c2ccco2)[C@H](C(=O)NC2CCCC2)c2ccc(C)cc2)cc1. The van der Waals surface area contributed by atoms with Crippen molar-refractivity contribution in [2.45, 2.75) is 51.2 Å². The zero-order valence-electron chi connectivity index (χ0n) is 19.1. The van der Waals surface area contributed by atoms with Crippen molar-refractivity contribution in [1.29, 1.82) is 0 Å². The zero-order chi connectivity index (χ0) is 23.2. The van der Waals surface area contributed by atoms with E-state index in [1.54, 1.807) is 24.1 Å². The number of hydrogen-bond donors (Lipinski definition) is 1. The fourth-order valence-corrected chi connectivity index (χ4v) is 4.32. The Kier molecular flexibility index (Phi) is 7.13. The average Bonchev–Trinajstić information content (AvgIpc) is 3.54. The van der Waals surface area contributed by atoms with Crippen LogP contribution in [0.2, 0.25) is 0 Å². The minimum Gasteiger partial charge on any atom is -0.497 e. The van der Waals surface area contributed by atoms with Gasteiger partial charge in [0.05, 0.1) is 13.4 Å². The van der Waals surface area contributed by atoms with Gasteiger partial charge in [0.25, 0.3) is 5.91 Å². The number of nitrogens with zero attached hydrogens (tertiary/aromatic N) is 1. The van der Waals surface area contributed by atoms with Crippen LogP contribution in [0.25, 0.3) is 0 Å². The van der Waals surface area contributed by atoms with Crippen LogP contribution in [0, 0.1) is 6.92 Å². The van der Waals surface area contributed by atoms with Crippen LogP contribution in [-0.4, -0.2) is 29.9 Å². The van der Waals surface area contributed by atoms with Gasteiger partial charge in [-0.3, -0.25) is 9.59 Å². The lowest BCUT2D eigenvalue weighted by Crippen LogP contribution is -2.45. The summed E-state index contributed by atoms with van der Waals surface area (Å²) in [6.07, 6.45) is 5.63. The predicted molar refractivity (Wildman–Crippen MR) is 126 cm³/mol. The number of methoxy groups -OCH3 is 1. The molecule has 172 valence electrons. The smallest absolute Gasteiger partial charge is 0.290 e. The first-order valence-corrected chi connectivity index (χ1v) is 11.4. The van der Waals surface area contributed by atoms with Gasteiger partial charge in [-0.05, 0) is 55.2 Å². The highest BCUT2D eigenvalue weighted by molar-refractivity contribution is 5.96. The van der Waals surface area contributed by atoms with E-state index < -0.39 is 6.04 Å². The molecule has 3 aromatic rings. The summed E-state index contributed by atoms with van der Waals surface area (Å²) in [5.74, 6) is 0.438. The van der Waals surface area contributed by atoms with Crippen LogP contribution >= 0.6 is 0 Å². The Bertz CT molecular complexity index is 1050. The average molecular weight is 447 g/mol. The topological polar surface area (TPSA) is 71.8 Å². The third-order valence-electron chi connectivity index (χ3n) is 6.16. The van der Waals surface area contributed by atoms with Gasteiger partial charge in [0.2, 0.25) is 5.91 Å². The van der Waals surface area contributed by atoms with Crippen LogP contribution in [0.1, 0.15) is 59.0 Å². The van der Waals surface area contributed by atoms with E-state index in [1.807, 2.05) is 55.5 Å². The molecule has 1 N–H and O–H groups in total. The van der Waals surface area contributed by atoms with E-state index in [1.165, 1.54) is 6.26 Å². The van der Waals surface area contributed by atoms with Gasteiger partial charge in [-0.2, -0.15) is 0 Å². The second kappa shape index (κ2) is 10.4. The molecular formula is C27H30N2O4. The number of furan rings is 1. The van der Waals surface area contributed by atoms with Crippen molar-refractivity contribution < 1.29 is 18.7 Å². The number of amides is 2. The largest absolute Gasteiger partial charge is 0.497 e. The summed E-state index contributed by atoms with van der Waals surface area (Å²) in [6.45, 7) is 2.25. The van der Waals surface area contributed by atoms with E-state index in [2.05, 4.69) is 5.32 Å². The number of nitrogens with one attached hydrogen (secondary N) is 1. The van der Waals surface area contributed by atoms with Crippen molar-refractivity contribution in [1.82, 2.24) is 10.2 Å². The van der Waals surface area contributed by atoms with Gasteiger partial charge in [0, 0.05) is 12.6 Å². The standard InChI is InChI=1S/C27H30N2O4/c1-19-9-13-21(14-10-19)25(26(30)28-22-6-3-4-7-22)29(27(31)24-8-5-17-33-24)18-20-11-15-23(32-2)16-12-20/h5,8-17,22,25H,3-4,6-7,18H2,1-2H3,(H,28,30)/t25-/m0/s1. The van der Waals surface area contributed by atoms with Crippen LogP contribution in [0.5, 0.6) is 5.75 Å². The molecule has 0 unspecified atom stereocenters. The van der Waals surface area contributed by atoms with E-state index in [9.17, 15) is 9.59 Å². The molecule has 1 fully saturated rings. The van der Waals surface area contributed by atoms with Crippen LogP contribution in [0.3, 0.4) is 0 Å². The molecule has 1 saturated carbocycles. The summed E-state index contributed by atoms with van der Waals surface area (Å²) in [4.78, 5) is 28.8. The van der Waals surface area contributed by atoms with Crippen molar-refractivity contribution in [2.24, 2.45) is 0 Å². The van der Waals surface area contributed by atoms with Crippen molar-refractivity contribution >= 4 is 11.8 Å². The third kappa shape index (κ3) is 5.45. The fraction of sp³-hybridized carbons (Fsp3) is 0.333. The Labute approximate surface area is 194 Å².